The van der Waals surface area contributed by atoms with Crippen LogP contribution in [0.15, 0.2) is 24.3 Å². The van der Waals surface area contributed by atoms with E-state index in [1.54, 1.807) is 0 Å². The van der Waals surface area contributed by atoms with Crippen LogP contribution in [-0.2, 0) is 0 Å². The molecule has 0 aromatic heterocycles. The Bertz CT molecular complexity index is 285. The summed E-state index contributed by atoms with van der Waals surface area (Å²) in [5.41, 5.74) is 8.04. The third-order valence-corrected chi connectivity index (χ3v) is 3.07. The Morgan fingerprint density at radius 3 is 2.50 bits per heavy atom. The largest absolute Gasteiger partial charge is 0.398 e. The molecule has 0 aliphatic heterocycles. The van der Waals surface area contributed by atoms with Gasteiger partial charge in [-0.2, -0.15) is 0 Å². The van der Waals surface area contributed by atoms with E-state index >= 15 is 0 Å². The van der Waals surface area contributed by atoms with Gasteiger partial charge >= 0.3 is 0 Å². The van der Waals surface area contributed by atoms with Crippen LogP contribution in [0, 0.1) is 5.92 Å². The van der Waals surface area contributed by atoms with Crippen molar-refractivity contribution in [3.8, 4) is 0 Å². The minimum Gasteiger partial charge on any atom is -0.398 e. The summed E-state index contributed by atoms with van der Waals surface area (Å²) in [7, 11) is 0. The number of hydrogen-bond donors (Lipinski definition) is 1. The van der Waals surface area contributed by atoms with Crippen LogP contribution in [0.25, 0.3) is 0 Å². The third kappa shape index (κ3) is 2.91. The Kier molecular flexibility index (Phi) is 4.27. The highest BCUT2D eigenvalue weighted by molar-refractivity contribution is 6.18. The molecule has 78 valence electrons. The van der Waals surface area contributed by atoms with E-state index in [0.29, 0.717) is 11.8 Å². The number of alkyl halides is 1. The van der Waals surface area contributed by atoms with Gasteiger partial charge in [-0.1, -0.05) is 32.0 Å². The molecule has 1 aromatic rings. The summed E-state index contributed by atoms with van der Waals surface area (Å²) in [6.45, 7) is 4.37. The summed E-state index contributed by atoms with van der Waals surface area (Å²) in [5.74, 6) is 1.76. The molecule has 0 amide bonds. The maximum atomic E-state index is 5.91. The fourth-order valence-corrected chi connectivity index (χ4v) is 1.88. The Balaban J connectivity index is 2.69. The standard InChI is InChI=1S/C12H18ClN/c1-9(8-13)7-10(2)11-5-3-4-6-12(11)14/h3-6,9-10H,7-8,14H2,1-2H3. The summed E-state index contributed by atoms with van der Waals surface area (Å²) in [5, 5.41) is 0. The molecule has 2 atom stereocenters. The topological polar surface area (TPSA) is 26.0 Å². The number of benzene rings is 1. The lowest BCUT2D eigenvalue weighted by Crippen LogP contribution is -2.05. The van der Waals surface area contributed by atoms with Crippen LogP contribution in [0.5, 0.6) is 0 Å². The average molecular weight is 212 g/mol. The van der Waals surface area contributed by atoms with Gasteiger partial charge in [0.2, 0.25) is 0 Å². The molecule has 0 fully saturated rings. The number of hydrogen-bond acceptors (Lipinski definition) is 1. The number of rotatable bonds is 4. The number of nitrogens with two attached hydrogens (primary N) is 1. The summed E-state index contributed by atoms with van der Waals surface area (Å²) in [6.07, 6.45) is 1.09. The van der Waals surface area contributed by atoms with Crippen LogP contribution in [0.3, 0.4) is 0 Å². The predicted molar refractivity (Wildman–Crippen MR) is 63.8 cm³/mol. The van der Waals surface area contributed by atoms with E-state index < -0.39 is 0 Å². The summed E-state index contributed by atoms with van der Waals surface area (Å²) in [4.78, 5) is 0. The maximum absolute atomic E-state index is 5.91. The van der Waals surface area contributed by atoms with E-state index in [1.165, 1.54) is 5.56 Å². The van der Waals surface area contributed by atoms with Gasteiger partial charge in [0, 0.05) is 11.6 Å². The van der Waals surface area contributed by atoms with Crippen molar-refractivity contribution in [2.75, 3.05) is 11.6 Å². The first-order valence-electron chi connectivity index (χ1n) is 5.05. The lowest BCUT2D eigenvalue weighted by molar-refractivity contribution is 0.529. The zero-order valence-corrected chi connectivity index (χ0v) is 9.59. The van der Waals surface area contributed by atoms with E-state index in [1.807, 2.05) is 18.2 Å². The molecule has 0 heterocycles. The molecule has 0 aliphatic rings. The van der Waals surface area contributed by atoms with Crippen molar-refractivity contribution in [1.82, 2.24) is 0 Å². The lowest BCUT2D eigenvalue weighted by Gasteiger charge is -2.17. The molecule has 2 N–H and O–H groups in total. The second-order valence-electron chi connectivity index (χ2n) is 4.03. The SMILES string of the molecule is CC(CCl)CC(C)c1ccccc1N. The second-order valence-corrected chi connectivity index (χ2v) is 4.33. The molecule has 1 aromatic carbocycles. The van der Waals surface area contributed by atoms with Crippen molar-refractivity contribution in [1.29, 1.82) is 0 Å². The van der Waals surface area contributed by atoms with Gasteiger partial charge in [0.15, 0.2) is 0 Å². The van der Waals surface area contributed by atoms with Crippen LogP contribution in [0.1, 0.15) is 31.7 Å². The number of anilines is 1. The van der Waals surface area contributed by atoms with Crippen molar-refractivity contribution in [3.05, 3.63) is 29.8 Å². The molecule has 2 heteroatoms. The van der Waals surface area contributed by atoms with E-state index in [2.05, 4.69) is 19.9 Å². The fraction of sp³-hybridized carbons (Fsp3) is 0.500. The minimum absolute atomic E-state index is 0.491. The van der Waals surface area contributed by atoms with Gasteiger partial charge in [0.05, 0.1) is 0 Å². The molecule has 0 bridgehead atoms. The van der Waals surface area contributed by atoms with E-state index in [-0.39, 0.29) is 0 Å². The first kappa shape index (κ1) is 11.4. The zero-order chi connectivity index (χ0) is 10.6. The molecule has 1 nitrogen and oxygen atoms in total. The molecule has 2 unspecified atom stereocenters. The van der Waals surface area contributed by atoms with Crippen LogP contribution >= 0.6 is 11.6 Å². The molecule has 0 aliphatic carbocycles. The Morgan fingerprint density at radius 2 is 1.93 bits per heavy atom. The van der Waals surface area contributed by atoms with Crippen molar-refractivity contribution < 1.29 is 0 Å². The summed E-state index contributed by atoms with van der Waals surface area (Å²) in [6, 6.07) is 8.06. The quantitative estimate of drug-likeness (QED) is 0.597. The first-order chi connectivity index (χ1) is 6.65. The highest BCUT2D eigenvalue weighted by Crippen LogP contribution is 2.27. The lowest BCUT2D eigenvalue weighted by atomic mass is 9.91. The Labute approximate surface area is 91.3 Å². The van der Waals surface area contributed by atoms with Gasteiger partial charge in [0.1, 0.15) is 0 Å². The normalized spacial score (nSPS) is 15.1. The maximum Gasteiger partial charge on any atom is 0.0349 e. The Hall–Kier alpha value is -0.690. The van der Waals surface area contributed by atoms with Crippen molar-refractivity contribution >= 4 is 17.3 Å². The Morgan fingerprint density at radius 1 is 1.29 bits per heavy atom. The van der Waals surface area contributed by atoms with Crippen LogP contribution in [0.2, 0.25) is 0 Å². The molecule has 0 spiro atoms. The van der Waals surface area contributed by atoms with Gasteiger partial charge in [-0.3, -0.25) is 0 Å². The van der Waals surface area contributed by atoms with E-state index in [4.69, 9.17) is 17.3 Å². The zero-order valence-electron chi connectivity index (χ0n) is 8.83. The van der Waals surface area contributed by atoms with E-state index in [0.717, 1.165) is 18.0 Å². The van der Waals surface area contributed by atoms with Crippen LogP contribution in [-0.4, -0.2) is 5.88 Å². The van der Waals surface area contributed by atoms with Gasteiger partial charge in [-0.15, -0.1) is 11.6 Å². The molecular formula is C12H18ClN. The van der Waals surface area contributed by atoms with Crippen molar-refractivity contribution in [3.63, 3.8) is 0 Å². The molecule has 0 radical (unpaired) electrons. The monoisotopic (exact) mass is 211 g/mol. The highest BCUT2D eigenvalue weighted by Gasteiger charge is 2.11. The number of halogens is 1. The average Bonchev–Trinajstić information content (AvgIpc) is 2.18. The van der Waals surface area contributed by atoms with Crippen molar-refractivity contribution in [2.24, 2.45) is 5.92 Å². The molecule has 0 saturated carbocycles. The molecule has 1 rings (SSSR count). The summed E-state index contributed by atoms with van der Waals surface area (Å²) >= 11 is 5.79. The third-order valence-electron chi connectivity index (χ3n) is 2.55. The molecular weight excluding hydrogens is 194 g/mol. The van der Waals surface area contributed by atoms with Crippen LogP contribution < -0.4 is 5.73 Å². The first-order valence-corrected chi connectivity index (χ1v) is 5.59. The second kappa shape index (κ2) is 5.26. The smallest absolute Gasteiger partial charge is 0.0349 e. The summed E-state index contributed by atoms with van der Waals surface area (Å²) < 4.78 is 0. The van der Waals surface area contributed by atoms with Crippen LogP contribution in [0.4, 0.5) is 5.69 Å². The van der Waals surface area contributed by atoms with Gasteiger partial charge in [-0.05, 0) is 29.9 Å². The highest BCUT2D eigenvalue weighted by atomic mass is 35.5. The predicted octanol–water partition coefficient (Wildman–Crippen LogP) is 3.64. The van der Waals surface area contributed by atoms with Gasteiger partial charge in [0.25, 0.3) is 0 Å². The van der Waals surface area contributed by atoms with Gasteiger partial charge < -0.3 is 5.73 Å². The minimum atomic E-state index is 0.491. The fourth-order valence-electron chi connectivity index (χ4n) is 1.75. The molecule has 0 saturated heterocycles. The van der Waals surface area contributed by atoms with E-state index in [9.17, 15) is 0 Å². The molecule has 14 heavy (non-hydrogen) atoms. The number of nitrogen functional groups attached to an aromatic ring is 1. The number of para-hydroxylation sites is 1. The van der Waals surface area contributed by atoms with Crippen molar-refractivity contribution in [2.45, 2.75) is 26.2 Å². The van der Waals surface area contributed by atoms with Gasteiger partial charge in [-0.25, -0.2) is 0 Å².